The highest BCUT2D eigenvalue weighted by Gasteiger charge is 2.21. The number of hydrogen-bond donors (Lipinski definition) is 2. The van der Waals surface area contributed by atoms with Gasteiger partial charge in [-0.25, -0.2) is 4.79 Å². The van der Waals surface area contributed by atoms with Crippen LogP contribution in [0.15, 0.2) is 48.8 Å². The van der Waals surface area contributed by atoms with Crippen molar-refractivity contribution in [3.8, 4) is 0 Å². The minimum absolute atomic E-state index is 0.224. The van der Waals surface area contributed by atoms with Gasteiger partial charge >= 0.3 is 5.97 Å². The van der Waals surface area contributed by atoms with E-state index in [4.69, 9.17) is 0 Å². The van der Waals surface area contributed by atoms with Crippen molar-refractivity contribution >= 4 is 11.9 Å². The molecule has 0 aliphatic rings. The Balaban J connectivity index is 1.99. The first-order valence-electron chi connectivity index (χ1n) is 7.04. The average molecular weight is 298 g/mol. The van der Waals surface area contributed by atoms with Crippen LogP contribution in [0.25, 0.3) is 0 Å². The van der Waals surface area contributed by atoms with Crippen LogP contribution in [0.3, 0.4) is 0 Å². The highest BCUT2D eigenvalue weighted by atomic mass is 16.4. The molecule has 0 saturated heterocycles. The van der Waals surface area contributed by atoms with Crippen LogP contribution in [0.1, 0.15) is 29.2 Å². The van der Waals surface area contributed by atoms with E-state index in [1.165, 1.54) is 0 Å². The number of carboxylic acids is 1. The highest BCUT2D eigenvalue weighted by molar-refractivity contribution is 5.84. The predicted octanol–water partition coefficient (Wildman–Crippen LogP) is 2.26. The van der Waals surface area contributed by atoms with Gasteiger partial charge in [0.2, 0.25) is 5.91 Å². The number of amides is 1. The molecule has 1 atom stereocenters. The van der Waals surface area contributed by atoms with Crippen molar-refractivity contribution in [2.75, 3.05) is 0 Å². The van der Waals surface area contributed by atoms with Crippen LogP contribution in [0, 0.1) is 6.92 Å². The maximum absolute atomic E-state index is 12.0. The van der Waals surface area contributed by atoms with Crippen molar-refractivity contribution in [3.63, 3.8) is 0 Å². The molecule has 0 aliphatic heterocycles. The van der Waals surface area contributed by atoms with Crippen LogP contribution in [-0.2, 0) is 16.0 Å². The number of rotatable bonds is 6. The molecule has 0 spiro atoms. The topological polar surface area (TPSA) is 79.3 Å². The van der Waals surface area contributed by atoms with E-state index in [-0.39, 0.29) is 12.3 Å². The number of carboxylic acid groups (broad SMARTS) is 1. The van der Waals surface area contributed by atoms with E-state index in [1.807, 2.05) is 19.1 Å². The molecule has 0 aliphatic carbocycles. The number of aromatic nitrogens is 1. The Kier molecular flexibility index (Phi) is 5.25. The van der Waals surface area contributed by atoms with Crippen molar-refractivity contribution in [1.29, 1.82) is 0 Å². The number of aryl methyl sites for hydroxylation is 2. The Labute approximate surface area is 129 Å². The van der Waals surface area contributed by atoms with Gasteiger partial charge in [-0.05, 0) is 30.5 Å². The number of pyridine rings is 1. The van der Waals surface area contributed by atoms with E-state index >= 15 is 0 Å². The van der Waals surface area contributed by atoms with E-state index in [1.54, 1.807) is 36.7 Å². The van der Waals surface area contributed by atoms with Crippen LogP contribution in [0.4, 0.5) is 0 Å². The molecule has 5 heteroatoms. The lowest BCUT2D eigenvalue weighted by Gasteiger charge is -2.15. The third-order valence-corrected chi connectivity index (χ3v) is 3.29. The van der Waals surface area contributed by atoms with Gasteiger partial charge in [0.15, 0.2) is 6.04 Å². The van der Waals surface area contributed by atoms with Gasteiger partial charge in [0.1, 0.15) is 0 Å². The van der Waals surface area contributed by atoms with Crippen molar-refractivity contribution in [1.82, 2.24) is 10.3 Å². The molecule has 0 bridgehead atoms. The standard InChI is InChI=1S/C17H18N2O3/c1-12-4-2-6-14(10-12)16(17(21)22)19-15(20)8-7-13-5-3-9-18-11-13/h2-6,9-11,16H,7-8H2,1H3,(H,19,20)(H,21,22)/t16-/m0/s1. The van der Waals surface area contributed by atoms with Crippen molar-refractivity contribution in [3.05, 3.63) is 65.5 Å². The number of nitrogens with one attached hydrogen (secondary N) is 1. The summed E-state index contributed by atoms with van der Waals surface area (Å²) in [5.41, 5.74) is 2.47. The minimum Gasteiger partial charge on any atom is -0.479 e. The fourth-order valence-electron chi connectivity index (χ4n) is 2.17. The summed E-state index contributed by atoms with van der Waals surface area (Å²) in [7, 11) is 0. The summed E-state index contributed by atoms with van der Waals surface area (Å²) in [6, 6.07) is 9.79. The second-order valence-electron chi connectivity index (χ2n) is 5.11. The second kappa shape index (κ2) is 7.36. The molecule has 22 heavy (non-hydrogen) atoms. The van der Waals surface area contributed by atoms with Crippen molar-refractivity contribution < 1.29 is 14.7 Å². The number of aliphatic carboxylic acids is 1. The maximum Gasteiger partial charge on any atom is 0.330 e. The van der Waals surface area contributed by atoms with Crippen LogP contribution in [-0.4, -0.2) is 22.0 Å². The van der Waals surface area contributed by atoms with Crippen LogP contribution in [0.2, 0.25) is 0 Å². The van der Waals surface area contributed by atoms with E-state index in [0.29, 0.717) is 12.0 Å². The molecule has 0 radical (unpaired) electrons. The zero-order valence-electron chi connectivity index (χ0n) is 12.3. The number of hydrogen-bond acceptors (Lipinski definition) is 3. The van der Waals surface area contributed by atoms with E-state index in [9.17, 15) is 14.7 Å². The Morgan fingerprint density at radius 1 is 1.27 bits per heavy atom. The molecule has 1 aromatic heterocycles. The Bertz CT molecular complexity index is 656. The van der Waals surface area contributed by atoms with E-state index in [0.717, 1.165) is 11.1 Å². The molecule has 2 aromatic rings. The highest BCUT2D eigenvalue weighted by Crippen LogP contribution is 2.15. The molecule has 1 heterocycles. The molecular weight excluding hydrogens is 280 g/mol. The van der Waals surface area contributed by atoms with Gasteiger partial charge in [-0.15, -0.1) is 0 Å². The molecule has 1 amide bonds. The molecule has 0 fully saturated rings. The Hall–Kier alpha value is -2.69. The zero-order valence-corrected chi connectivity index (χ0v) is 12.3. The monoisotopic (exact) mass is 298 g/mol. The molecule has 1 aromatic carbocycles. The number of carbonyl (C=O) groups is 2. The van der Waals surface area contributed by atoms with Crippen LogP contribution >= 0.6 is 0 Å². The zero-order chi connectivity index (χ0) is 15.9. The minimum atomic E-state index is -1.07. The fraction of sp³-hybridized carbons (Fsp3) is 0.235. The summed E-state index contributed by atoms with van der Waals surface area (Å²) < 4.78 is 0. The lowest BCUT2D eigenvalue weighted by Crippen LogP contribution is -2.33. The van der Waals surface area contributed by atoms with Gasteiger partial charge < -0.3 is 10.4 Å². The average Bonchev–Trinajstić information content (AvgIpc) is 2.51. The number of carbonyl (C=O) groups excluding carboxylic acids is 1. The number of benzene rings is 1. The maximum atomic E-state index is 12.0. The third-order valence-electron chi connectivity index (χ3n) is 3.29. The van der Waals surface area contributed by atoms with Crippen LogP contribution < -0.4 is 5.32 Å². The summed E-state index contributed by atoms with van der Waals surface area (Å²) in [4.78, 5) is 27.4. The van der Waals surface area contributed by atoms with Gasteiger partial charge in [-0.2, -0.15) is 0 Å². The van der Waals surface area contributed by atoms with Gasteiger partial charge in [-0.1, -0.05) is 35.9 Å². The summed E-state index contributed by atoms with van der Waals surface area (Å²) in [5.74, 6) is -1.36. The molecule has 114 valence electrons. The summed E-state index contributed by atoms with van der Waals surface area (Å²) in [6.07, 6.45) is 4.12. The quantitative estimate of drug-likeness (QED) is 0.857. The van der Waals surface area contributed by atoms with Crippen LogP contribution in [0.5, 0.6) is 0 Å². The summed E-state index contributed by atoms with van der Waals surface area (Å²) in [5, 5.41) is 11.9. The second-order valence-corrected chi connectivity index (χ2v) is 5.11. The van der Waals surface area contributed by atoms with Crippen molar-refractivity contribution in [2.45, 2.75) is 25.8 Å². The molecule has 0 saturated carbocycles. The predicted molar refractivity (Wildman–Crippen MR) is 82.3 cm³/mol. The Morgan fingerprint density at radius 2 is 2.09 bits per heavy atom. The summed E-state index contributed by atoms with van der Waals surface area (Å²) in [6.45, 7) is 1.88. The summed E-state index contributed by atoms with van der Waals surface area (Å²) >= 11 is 0. The third kappa shape index (κ3) is 4.41. The van der Waals surface area contributed by atoms with Gasteiger partial charge in [0.25, 0.3) is 0 Å². The van der Waals surface area contributed by atoms with Gasteiger partial charge in [-0.3, -0.25) is 9.78 Å². The van der Waals surface area contributed by atoms with E-state index in [2.05, 4.69) is 10.3 Å². The van der Waals surface area contributed by atoms with Gasteiger partial charge in [0, 0.05) is 18.8 Å². The molecule has 0 unspecified atom stereocenters. The van der Waals surface area contributed by atoms with E-state index < -0.39 is 12.0 Å². The molecule has 2 N–H and O–H groups in total. The lowest BCUT2D eigenvalue weighted by molar-refractivity contribution is -0.142. The molecule has 2 rings (SSSR count). The largest absolute Gasteiger partial charge is 0.479 e. The molecule has 5 nitrogen and oxygen atoms in total. The molecular formula is C17H18N2O3. The van der Waals surface area contributed by atoms with Gasteiger partial charge in [0.05, 0.1) is 0 Å². The number of nitrogens with zero attached hydrogens (tertiary/aromatic N) is 1. The smallest absolute Gasteiger partial charge is 0.330 e. The first-order chi connectivity index (χ1) is 10.6. The first kappa shape index (κ1) is 15.7. The SMILES string of the molecule is Cc1cccc([C@H](NC(=O)CCc2cccnc2)C(=O)O)c1. The first-order valence-corrected chi connectivity index (χ1v) is 7.04. The Morgan fingerprint density at radius 3 is 2.73 bits per heavy atom. The fourth-order valence-corrected chi connectivity index (χ4v) is 2.17. The van der Waals surface area contributed by atoms with Crippen molar-refractivity contribution in [2.24, 2.45) is 0 Å². The normalized spacial score (nSPS) is 11.7. The lowest BCUT2D eigenvalue weighted by atomic mass is 10.0.